The second kappa shape index (κ2) is 12.7. The summed E-state index contributed by atoms with van der Waals surface area (Å²) in [5.41, 5.74) is 4.55. The number of halogens is 1. The average molecular weight is 489 g/mol. The summed E-state index contributed by atoms with van der Waals surface area (Å²) in [6.45, 7) is 3.15. The van der Waals surface area contributed by atoms with Crippen molar-refractivity contribution in [1.29, 1.82) is 0 Å². The van der Waals surface area contributed by atoms with Crippen molar-refractivity contribution in [2.45, 2.75) is 18.2 Å². The molecule has 0 saturated heterocycles. The highest BCUT2D eigenvalue weighted by Crippen LogP contribution is 2.45. The van der Waals surface area contributed by atoms with Crippen molar-refractivity contribution in [1.82, 2.24) is 0 Å². The van der Waals surface area contributed by atoms with E-state index in [1.165, 1.54) is 6.07 Å². The minimum atomic E-state index is -0.950. The van der Waals surface area contributed by atoms with E-state index in [2.05, 4.69) is 0 Å². The van der Waals surface area contributed by atoms with E-state index in [1.807, 2.05) is 43.5 Å². The van der Waals surface area contributed by atoms with Gasteiger partial charge in [-0.05, 0) is 76.9 Å². The molecule has 0 saturated carbocycles. The van der Waals surface area contributed by atoms with Crippen LogP contribution in [0.4, 0.5) is 4.39 Å². The highest BCUT2D eigenvalue weighted by molar-refractivity contribution is 7.98. The van der Waals surface area contributed by atoms with E-state index in [1.54, 1.807) is 17.8 Å². The van der Waals surface area contributed by atoms with Gasteiger partial charge in [-0.2, -0.15) is 0 Å². The molecule has 0 heterocycles. The van der Waals surface area contributed by atoms with E-state index >= 15 is 0 Å². The number of aliphatic carboxylic acids is 1. The molecule has 2 aromatic carbocycles. The largest absolute Gasteiger partial charge is 0.488 e. The summed E-state index contributed by atoms with van der Waals surface area (Å²) in [6.07, 6.45) is 3.80. The summed E-state index contributed by atoms with van der Waals surface area (Å²) in [5.74, 6) is -1.41. The van der Waals surface area contributed by atoms with Gasteiger partial charge in [0.15, 0.2) is 11.6 Å². The van der Waals surface area contributed by atoms with Gasteiger partial charge in [-0.25, -0.2) is 4.39 Å². The number of benzene rings is 2. The van der Waals surface area contributed by atoms with Gasteiger partial charge in [0.1, 0.15) is 6.61 Å². The van der Waals surface area contributed by atoms with Crippen molar-refractivity contribution < 1.29 is 33.6 Å². The minimum absolute atomic E-state index is 0.0420. The number of carboxylic acids is 1. The minimum Gasteiger partial charge on any atom is -0.488 e. The predicted octanol–water partition coefficient (Wildman–Crippen LogP) is 4.75. The van der Waals surface area contributed by atoms with Gasteiger partial charge in [0.2, 0.25) is 0 Å². The van der Waals surface area contributed by atoms with Gasteiger partial charge in [0, 0.05) is 4.90 Å². The third-order valence-corrected chi connectivity index (χ3v) is 6.14. The number of rotatable bonds is 13. The highest BCUT2D eigenvalue weighted by Gasteiger charge is 2.27. The number of carbonyl (C=O) groups is 1. The second-order valence-electron chi connectivity index (χ2n) is 7.63. The van der Waals surface area contributed by atoms with Crippen LogP contribution in [0.2, 0.25) is 0 Å². The third-order valence-electron chi connectivity index (χ3n) is 5.39. The Kier molecular flexibility index (Phi) is 9.71. The number of carboxylic acid groups (broad SMARTS) is 1. The maximum absolute atomic E-state index is 14.9. The van der Waals surface area contributed by atoms with Crippen molar-refractivity contribution in [2.75, 3.05) is 45.9 Å². The van der Waals surface area contributed by atoms with Crippen LogP contribution in [0.25, 0.3) is 17.2 Å². The van der Waals surface area contributed by atoms with Gasteiger partial charge in [-0.15, -0.1) is 11.8 Å². The molecule has 0 unspecified atom stereocenters. The van der Waals surface area contributed by atoms with Crippen LogP contribution in [-0.2, 0) is 14.3 Å². The Labute approximate surface area is 203 Å². The first-order valence-electron chi connectivity index (χ1n) is 11.0. The lowest BCUT2D eigenvalue weighted by Crippen LogP contribution is -2.12. The molecule has 8 heteroatoms. The van der Waals surface area contributed by atoms with Crippen molar-refractivity contribution >= 4 is 35.0 Å². The fourth-order valence-electron chi connectivity index (χ4n) is 3.73. The van der Waals surface area contributed by atoms with E-state index in [0.717, 1.165) is 21.6 Å². The van der Waals surface area contributed by atoms with Crippen LogP contribution in [0.15, 0.2) is 46.9 Å². The summed E-state index contributed by atoms with van der Waals surface area (Å²) in [7, 11) is 0. The molecule has 0 fully saturated rings. The topological polar surface area (TPSA) is 85.2 Å². The molecule has 0 radical (unpaired) electrons. The molecule has 2 N–H and O–H groups in total. The number of ether oxygens (including phenoxy) is 3. The first kappa shape index (κ1) is 26.0. The SMILES string of the molecule is CSc1ccc(C=C2C(C)=C(CC(=O)O)c3cc(OCCOCCOCCO)c(F)cc32)cc1. The number of aliphatic hydroxyl groups is 1. The monoisotopic (exact) mass is 488 g/mol. The zero-order valence-electron chi connectivity index (χ0n) is 19.3. The summed E-state index contributed by atoms with van der Waals surface area (Å²) < 4.78 is 31.0. The Bertz CT molecular complexity index is 1060. The van der Waals surface area contributed by atoms with Gasteiger partial charge in [0.05, 0.1) is 39.5 Å². The van der Waals surface area contributed by atoms with Gasteiger partial charge in [-0.1, -0.05) is 12.1 Å². The standard InChI is InChI=1S/C26H29FO6S/c1-17-20(13-18-3-5-19(34-2)6-4-18)22-14-24(27)25(15-23(22)21(17)16-26(29)30)33-12-11-32-10-9-31-8-7-28/h3-6,13-15,28H,7-12,16H2,1-2H3,(H,29,30). The molecule has 0 bridgehead atoms. The molecule has 2 aromatic rings. The van der Waals surface area contributed by atoms with E-state index in [-0.39, 0.29) is 38.6 Å². The van der Waals surface area contributed by atoms with Crippen molar-refractivity contribution in [3.8, 4) is 5.75 Å². The van der Waals surface area contributed by atoms with Crippen LogP contribution in [0.5, 0.6) is 5.75 Å². The number of fused-ring (bicyclic) bond motifs is 1. The molecule has 6 nitrogen and oxygen atoms in total. The lowest BCUT2D eigenvalue weighted by Gasteiger charge is -2.12. The lowest BCUT2D eigenvalue weighted by molar-refractivity contribution is -0.135. The van der Waals surface area contributed by atoms with Gasteiger partial charge >= 0.3 is 5.97 Å². The molecule has 182 valence electrons. The molecular formula is C26H29FO6S. The zero-order valence-corrected chi connectivity index (χ0v) is 20.1. The van der Waals surface area contributed by atoms with Crippen LogP contribution >= 0.6 is 11.8 Å². The van der Waals surface area contributed by atoms with E-state index in [0.29, 0.717) is 29.9 Å². The van der Waals surface area contributed by atoms with Crippen LogP contribution < -0.4 is 4.74 Å². The first-order valence-corrected chi connectivity index (χ1v) is 12.2. The molecular weight excluding hydrogens is 459 g/mol. The Morgan fingerprint density at radius 3 is 2.35 bits per heavy atom. The molecule has 0 aromatic heterocycles. The van der Waals surface area contributed by atoms with Crippen LogP contribution in [0.1, 0.15) is 30.0 Å². The fraction of sp³-hybridized carbons (Fsp3) is 0.346. The summed E-state index contributed by atoms with van der Waals surface area (Å²) in [4.78, 5) is 12.7. The van der Waals surface area contributed by atoms with E-state index in [4.69, 9.17) is 19.3 Å². The van der Waals surface area contributed by atoms with E-state index < -0.39 is 11.8 Å². The number of hydrogen-bond donors (Lipinski definition) is 2. The number of allylic oxidation sites excluding steroid dienone is 2. The van der Waals surface area contributed by atoms with Crippen LogP contribution in [0.3, 0.4) is 0 Å². The van der Waals surface area contributed by atoms with E-state index in [9.17, 15) is 14.3 Å². The van der Waals surface area contributed by atoms with Crippen LogP contribution in [-0.4, -0.2) is 62.1 Å². The summed E-state index contributed by atoms with van der Waals surface area (Å²) in [6, 6.07) is 11.0. The molecule has 0 spiro atoms. The molecule has 34 heavy (non-hydrogen) atoms. The molecule has 1 aliphatic rings. The van der Waals surface area contributed by atoms with Crippen molar-refractivity contribution in [3.63, 3.8) is 0 Å². The average Bonchev–Trinajstić information content (AvgIpc) is 3.06. The predicted molar refractivity (Wildman–Crippen MR) is 132 cm³/mol. The lowest BCUT2D eigenvalue weighted by atomic mass is 10.00. The number of aliphatic hydroxyl groups excluding tert-OH is 1. The fourth-order valence-corrected chi connectivity index (χ4v) is 4.14. The number of thioether (sulfide) groups is 1. The van der Waals surface area contributed by atoms with Gasteiger partial charge < -0.3 is 24.4 Å². The van der Waals surface area contributed by atoms with Gasteiger partial charge in [-0.3, -0.25) is 4.79 Å². The smallest absolute Gasteiger partial charge is 0.307 e. The quantitative estimate of drug-likeness (QED) is 0.311. The Balaban J connectivity index is 1.79. The maximum Gasteiger partial charge on any atom is 0.307 e. The highest BCUT2D eigenvalue weighted by atomic mass is 32.2. The Morgan fingerprint density at radius 2 is 1.71 bits per heavy atom. The zero-order chi connectivity index (χ0) is 24.5. The molecule has 0 amide bonds. The molecule has 3 rings (SSSR count). The van der Waals surface area contributed by atoms with Crippen LogP contribution in [0, 0.1) is 5.82 Å². The summed E-state index contributed by atoms with van der Waals surface area (Å²) in [5, 5.41) is 18.1. The number of hydrogen-bond acceptors (Lipinski definition) is 6. The molecule has 1 aliphatic carbocycles. The van der Waals surface area contributed by atoms with Gasteiger partial charge in [0.25, 0.3) is 0 Å². The molecule has 0 aliphatic heterocycles. The molecule has 0 atom stereocenters. The maximum atomic E-state index is 14.9. The second-order valence-corrected chi connectivity index (χ2v) is 8.51. The Hall–Kier alpha value is -2.65. The van der Waals surface area contributed by atoms with Crippen molar-refractivity contribution in [2.24, 2.45) is 0 Å². The summed E-state index contributed by atoms with van der Waals surface area (Å²) >= 11 is 1.65. The third kappa shape index (κ3) is 6.70. The van der Waals surface area contributed by atoms with Crippen molar-refractivity contribution in [3.05, 3.63) is 64.5 Å². The first-order chi connectivity index (χ1) is 16.4. The Morgan fingerprint density at radius 1 is 1.03 bits per heavy atom. The normalized spacial score (nSPS) is 14.1.